The molecule has 0 saturated heterocycles. The van der Waals surface area contributed by atoms with Crippen LogP contribution >= 0.6 is 11.8 Å². The average molecular weight is 243 g/mol. The van der Waals surface area contributed by atoms with Gasteiger partial charge in [-0.25, -0.2) is 0 Å². The van der Waals surface area contributed by atoms with Crippen molar-refractivity contribution in [1.82, 2.24) is 0 Å². The Balaban J connectivity index is 1.76. The van der Waals surface area contributed by atoms with E-state index in [4.69, 9.17) is 5.73 Å². The zero-order valence-electron chi connectivity index (χ0n) is 9.80. The summed E-state index contributed by atoms with van der Waals surface area (Å²) in [5.74, 6) is 2.19. The molecule has 2 heteroatoms. The second-order valence-corrected chi connectivity index (χ2v) is 5.09. The van der Waals surface area contributed by atoms with Crippen molar-refractivity contribution in [3.63, 3.8) is 0 Å². The number of nitrogen functional groups attached to an aromatic ring is 1. The summed E-state index contributed by atoms with van der Waals surface area (Å²) < 4.78 is 0. The highest BCUT2D eigenvalue weighted by atomic mass is 32.2. The van der Waals surface area contributed by atoms with Crippen LogP contribution in [0.1, 0.15) is 11.1 Å². The lowest BCUT2D eigenvalue weighted by Gasteiger charge is -2.05. The van der Waals surface area contributed by atoms with Gasteiger partial charge in [0, 0.05) is 11.4 Å². The molecule has 2 aromatic rings. The van der Waals surface area contributed by atoms with E-state index in [0.717, 1.165) is 23.6 Å². The molecule has 2 N–H and O–H groups in total. The molecule has 0 atom stereocenters. The van der Waals surface area contributed by atoms with Gasteiger partial charge in [0.25, 0.3) is 0 Å². The minimum atomic E-state index is 0.910. The lowest BCUT2D eigenvalue weighted by Crippen LogP contribution is -1.95. The molecule has 0 aromatic heterocycles. The third kappa shape index (κ3) is 3.82. The Morgan fingerprint density at radius 3 is 2.35 bits per heavy atom. The molecular weight excluding hydrogens is 226 g/mol. The van der Waals surface area contributed by atoms with E-state index in [-0.39, 0.29) is 0 Å². The normalized spacial score (nSPS) is 10.4. The van der Waals surface area contributed by atoms with Crippen LogP contribution in [0, 0.1) is 0 Å². The average Bonchev–Trinajstić information content (AvgIpc) is 2.38. The van der Waals surface area contributed by atoms with Crippen molar-refractivity contribution in [2.45, 2.75) is 12.2 Å². The van der Waals surface area contributed by atoms with Gasteiger partial charge in [-0.15, -0.1) is 0 Å². The topological polar surface area (TPSA) is 26.0 Å². The smallest absolute Gasteiger partial charge is 0.0346 e. The van der Waals surface area contributed by atoms with Gasteiger partial charge < -0.3 is 5.73 Å². The number of benzene rings is 2. The number of hydrogen-bond donors (Lipinski definition) is 1. The summed E-state index contributed by atoms with van der Waals surface area (Å²) in [6.07, 6.45) is 1.05. The summed E-state index contributed by atoms with van der Waals surface area (Å²) >= 11 is 1.95. The molecule has 0 spiro atoms. The molecule has 0 fully saturated rings. The number of rotatable bonds is 5. The van der Waals surface area contributed by atoms with E-state index in [0.29, 0.717) is 0 Å². The van der Waals surface area contributed by atoms with E-state index in [1.165, 1.54) is 11.1 Å². The van der Waals surface area contributed by atoms with Crippen LogP contribution in [-0.2, 0) is 12.2 Å². The van der Waals surface area contributed by atoms with Crippen molar-refractivity contribution in [2.24, 2.45) is 0 Å². The summed E-state index contributed by atoms with van der Waals surface area (Å²) in [6.45, 7) is 0. The number of para-hydroxylation sites is 1. The van der Waals surface area contributed by atoms with E-state index in [1.807, 2.05) is 30.0 Å². The first-order chi connectivity index (χ1) is 8.36. The Hall–Kier alpha value is -1.41. The fourth-order valence-electron chi connectivity index (χ4n) is 1.71. The van der Waals surface area contributed by atoms with E-state index < -0.39 is 0 Å². The van der Waals surface area contributed by atoms with Crippen molar-refractivity contribution in [3.05, 3.63) is 65.7 Å². The minimum absolute atomic E-state index is 0.910. The lowest BCUT2D eigenvalue weighted by atomic mass is 10.1. The standard InChI is InChI=1S/C15H17NS/c16-15-9-5-4-8-14(15)10-11-17-12-13-6-2-1-3-7-13/h1-9H,10-12,16H2. The van der Waals surface area contributed by atoms with Crippen molar-refractivity contribution >= 4 is 17.4 Å². The first kappa shape index (κ1) is 12.1. The second-order valence-electron chi connectivity index (χ2n) is 3.99. The number of nitrogens with two attached hydrogens (primary N) is 1. The molecule has 0 saturated carbocycles. The molecule has 2 rings (SSSR count). The molecule has 0 aliphatic rings. The third-order valence-corrected chi connectivity index (χ3v) is 3.71. The number of hydrogen-bond acceptors (Lipinski definition) is 2. The van der Waals surface area contributed by atoms with Crippen LogP contribution in [0.4, 0.5) is 5.69 Å². The highest BCUT2D eigenvalue weighted by Gasteiger charge is 1.98. The van der Waals surface area contributed by atoms with Gasteiger partial charge in [0.15, 0.2) is 0 Å². The van der Waals surface area contributed by atoms with Crippen LogP contribution in [0.3, 0.4) is 0 Å². The van der Waals surface area contributed by atoms with Gasteiger partial charge >= 0.3 is 0 Å². The summed E-state index contributed by atoms with van der Waals surface area (Å²) in [7, 11) is 0. The summed E-state index contributed by atoms with van der Waals surface area (Å²) in [4.78, 5) is 0. The SMILES string of the molecule is Nc1ccccc1CCSCc1ccccc1. The quantitative estimate of drug-likeness (QED) is 0.639. The van der Waals surface area contributed by atoms with Gasteiger partial charge in [0.1, 0.15) is 0 Å². The van der Waals surface area contributed by atoms with Crippen molar-refractivity contribution in [2.75, 3.05) is 11.5 Å². The van der Waals surface area contributed by atoms with Crippen molar-refractivity contribution in [3.8, 4) is 0 Å². The molecule has 0 heterocycles. The maximum atomic E-state index is 5.90. The molecule has 0 radical (unpaired) electrons. The Kier molecular flexibility index (Phi) is 4.51. The molecule has 1 nitrogen and oxygen atoms in total. The maximum absolute atomic E-state index is 5.90. The van der Waals surface area contributed by atoms with E-state index in [9.17, 15) is 0 Å². The second kappa shape index (κ2) is 6.36. The zero-order valence-corrected chi connectivity index (χ0v) is 10.6. The molecule has 0 amide bonds. The Labute approximate surface area is 107 Å². The summed E-state index contributed by atoms with van der Waals surface area (Å²) in [6, 6.07) is 18.7. The third-order valence-electron chi connectivity index (χ3n) is 2.68. The Morgan fingerprint density at radius 2 is 1.59 bits per heavy atom. The lowest BCUT2D eigenvalue weighted by molar-refractivity contribution is 1.16. The summed E-state index contributed by atoms with van der Waals surface area (Å²) in [5, 5.41) is 0. The zero-order chi connectivity index (χ0) is 11.9. The predicted octanol–water partition coefficient (Wildman–Crippen LogP) is 3.74. The largest absolute Gasteiger partial charge is 0.399 e. The monoisotopic (exact) mass is 243 g/mol. The number of aryl methyl sites for hydroxylation is 1. The molecule has 17 heavy (non-hydrogen) atoms. The fourth-order valence-corrected chi connectivity index (χ4v) is 2.64. The molecule has 88 valence electrons. The van der Waals surface area contributed by atoms with Gasteiger partial charge in [-0.3, -0.25) is 0 Å². The number of thioether (sulfide) groups is 1. The van der Waals surface area contributed by atoms with Gasteiger partial charge in [0.05, 0.1) is 0 Å². The fraction of sp³-hybridized carbons (Fsp3) is 0.200. The van der Waals surface area contributed by atoms with Crippen LogP contribution in [0.25, 0.3) is 0 Å². The van der Waals surface area contributed by atoms with E-state index >= 15 is 0 Å². The first-order valence-electron chi connectivity index (χ1n) is 5.81. The highest BCUT2D eigenvalue weighted by molar-refractivity contribution is 7.98. The maximum Gasteiger partial charge on any atom is 0.0346 e. The van der Waals surface area contributed by atoms with Crippen LogP contribution in [-0.4, -0.2) is 5.75 Å². The minimum Gasteiger partial charge on any atom is -0.399 e. The molecule has 0 bridgehead atoms. The van der Waals surface area contributed by atoms with E-state index in [2.05, 4.69) is 36.4 Å². The van der Waals surface area contributed by atoms with E-state index in [1.54, 1.807) is 0 Å². The Bertz CT molecular complexity index is 453. The van der Waals surface area contributed by atoms with Gasteiger partial charge in [-0.2, -0.15) is 11.8 Å². The van der Waals surface area contributed by atoms with Crippen LogP contribution < -0.4 is 5.73 Å². The van der Waals surface area contributed by atoms with Gasteiger partial charge in [-0.05, 0) is 29.4 Å². The van der Waals surface area contributed by atoms with Crippen LogP contribution in [0.5, 0.6) is 0 Å². The first-order valence-corrected chi connectivity index (χ1v) is 6.97. The Morgan fingerprint density at radius 1 is 0.882 bits per heavy atom. The summed E-state index contributed by atoms with van der Waals surface area (Å²) in [5.41, 5.74) is 9.46. The van der Waals surface area contributed by atoms with Crippen molar-refractivity contribution < 1.29 is 0 Å². The van der Waals surface area contributed by atoms with Crippen molar-refractivity contribution in [1.29, 1.82) is 0 Å². The predicted molar refractivity (Wildman–Crippen MR) is 77.2 cm³/mol. The molecule has 0 aliphatic heterocycles. The van der Waals surface area contributed by atoms with Gasteiger partial charge in [0.2, 0.25) is 0 Å². The van der Waals surface area contributed by atoms with Gasteiger partial charge in [-0.1, -0.05) is 48.5 Å². The highest BCUT2D eigenvalue weighted by Crippen LogP contribution is 2.16. The molecule has 0 unspecified atom stereocenters. The molecular formula is C15H17NS. The molecule has 0 aliphatic carbocycles. The van der Waals surface area contributed by atoms with Crippen LogP contribution in [0.15, 0.2) is 54.6 Å². The van der Waals surface area contributed by atoms with Crippen LogP contribution in [0.2, 0.25) is 0 Å². The molecule has 2 aromatic carbocycles. The number of anilines is 1.